The summed E-state index contributed by atoms with van der Waals surface area (Å²) in [4.78, 5) is 38.2. The fourth-order valence-corrected chi connectivity index (χ4v) is 3.98. The Bertz CT molecular complexity index is 1100. The first-order valence-corrected chi connectivity index (χ1v) is 10.2. The minimum absolute atomic E-state index is 0.169. The first-order chi connectivity index (χ1) is 15.0. The van der Waals surface area contributed by atoms with E-state index in [1.807, 2.05) is 19.1 Å². The molecule has 3 atom stereocenters. The summed E-state index contributed by atoms with van der Waals surface area (Å²) in [6.45, 7) is 1.86. The number of hydrogen-bond acceptors (Lipinski definition) is 4. The molecule has 2 N–H and O–H groups in total. The molecule has 1 fully saturated rings. The second kappa shape index (κ2) is 8.44. The molecule has 0 bridgehead atoms. The molecule has 1 heterocycles. The van der Waals surface area contributed by atoms with Gasteiger partial charge in [0.25, 0.3) is 5.91 Å². The Morgan fingerprint density at radius 1 is 1.13 bits per heavy atom. The van der Waals surface area contributed by atoms with Crippen LogP contribution in [0, 0.1) is 23.2 Å². The number of fused-ring (bicyclic) bond motifs is 1. The number of benzene rings is 2. The van der Waals surface area contributed by atoms with Gasteiger partial charge in [0.2, 0.25) is 11.8 Å². The van der Waals surface area contributed by atoms with Gasteiger partial charge in [-0.2, -0.15) is 5.26 Å². The summed E-state index contributed by atoms with van der Waals surface area (Å²) in [5.41, 5.74) is 4.94. The van der Waals surface area contributed by atoms with Crippen LogP contribution in [0.3, 0.4) is 0 Å². The summed E-state index contributed by atoms with van der Waals surface area (Å²) >= 11 is 0. The van der Waals surface area contributed by atoms with Crippen molar-refractivity contribution in [3.8, 4) is 6.07 Å². The largest absolute Gasteiger partial charge is 0.346 e. The zero-order valence-corrected chi connectivity index (χ0v) is 17.0. The van der Waals surface area contributed by atoms with Crippen LogP contribution < -0.4 is 15.8 Å². The monoisotopic (exact) mass is 414 g/mol. The van der Waals surface area contributed by atoms with Crippen LogP contribution in [0.4, 0.5) is 5.69 Å². The summed E-state index contributed by atoms with van der Waals surface area (Å²) in [6.07, 6.45) is 4.97. The van der Waals surface area contributed by atoms with Crippen LogP contribution in [0.5, 0.6) is 0 Å². The number of nitrogens with one attached hydrogen (secondary N) is 2. The molecule has 0 radical (unpaired) electrons. The van der Waals surface area contributed by atoms with Crippen LogP contribution in [0.15, 0.2) is 60.7 Å². The van der Waals surface area contributed by atoms with Gasteiger partial charge in [-0.1, -0.05) is 30.4 Å². The van der Waals surface area contributed by atoms with Crippen molar-refractivity contribution in [1.29, 1.82) is 5.26 Å². The summed E-state index contributed by atoms with van der Waals surface area (Å²) < 4.78 is 0. The summed E-state index contributed by atoms with van der Waals surface area (Å²) in [7, 11) is 0. The van der Waals surface area contributed by atoms with E-state index in [9.17, 15) is 14.4 Å². The maximum absolute atomic E-state index is 13.0. The molecule has 3 amide bonds. The third-order valence-electron chi connectivity index (χ3n) is 5.78. The number of carbonyl (C=O) groups excluding carboxylic acids is 3. The van der Waals surface area contributed by atoms with Gasteiger partial charge in [0.15, 0.2) is 0 Å². The smallest absolute Gasteiger partial charge is 0.251 e. The molecule has 3 unspecified atom stereocenters. The van der Waals surface area contributed by atoms with Crippen molar-refractivity contribution in [3.63, 3.8) is 0 Å². The Hall–Kier alpha value is -3.92. The van der Waals surface area contributed by atoms with Crippen molar-refractivity contribution in [1.82, 2.24) is 10.7 Å². The fourth-order valence-electron chi connectivity index (χ4n) is 3.98. The van der Waals surface area contributed by atoms with Gasteiger partial charge in [-0.15, -0.1) is 0 Å². The number of hydrazine groups is 1. The third kappa shape index (κ3) is 4.05. The van der Waals surface area contributed by atoms with E-state index in [0.717, 1.165) is 5.56 Å². The molecule has 1 saturated heterocycles. The topological polar surface area (TPSA) is 102 Å². The molecule has 0 saturated carbocycles. The quantitative estimate of drug-likeness (QED) is 0.751. The Kier molecular flexibility index (Phi) is 5.54. The first kappa shape index (κ1) is 20.4. The molecule has 156 valence electrons. The molecule has 31 heavy (non-hydrogen) atoms. The molecule has 1 aliphatic carbocycles. The molecule has 2 aromatic rings. The lowest BCUT2D eigenvalue weighted by Gasteiger charge is -2.38. The van der Waals surface area contributed by atoms with E-state index in [1.54, 1.807) is 48.5 Å². The number of nitrogens with zero attached hydrogens (tertiary/aromatic N) is 2. The number of carbonyl (C=O) groups is 3. The maximum Gasteiger partial charge on any atom is 0.251 e. The molecule has 2 aliphatic rings. The predicted octanol–water partition coefficient (Wildman–Crippen LogP) is 3.01. The standard InChI is InChI=1S/C24H22N4O3/c1-15(17-11-9-16(14-25)10-12-17)26-22(29)18-5-4-6-19(13-18)28-24(31)21-8-3-2-7-20(21)23(30)27-28/h2-6,9-13,15,20-21H,7-8H2,1H3,(H,26,29)(H,27,30). The first-order valence-electron chi connectivity index (χ1n) is 10.2. The molecule has 0 spiro atoms. The lowest BCUT2D eigenvalue weighted by molar-refractivity contribution is -0.139. The van der Waals surface area contributed by atoms with Gasteiger partial charge in [0, 0.05) is 5.56 Å². The van der Waals surface area contributed by atoms with Crippen molar-refractivity contribution in [2.75, 3.05) is 5.01 Å². The average molecular weight is 414 g/mol. The third-order valence-corrected chi connectivity index (χ3v) is 5.78. The predicted molar refractivity (Wildman–Crippen MR) is 114 cm³/mol. The van der Waals surface area contributed by atoms with Crippen LogP contribution in [-0.4, -0.2) is 17.7 Å². The van der Waals surface area contributed by atoms with E-state index in [4.69, 9.17) is 5.26 Å². The van der Waals surface area contributed by atoms with Crippen LogP contribution in [0.1, 0.15) is 47.3 Å². The second-order valence-corrected chi connectivity index (χ2v) is 7.78. The van der Waals surface area contributed by atoms with Crippen LogP contribution >= 0.6 is 0 Å². The molecular formula is C24H22N4O3. The van der Waals surface area contributed by atoms with E-state index in [-0.39, 0.29) is 35.6 Å². The highest BCUT2D eigenvalue weighted by Crippen LogP contribution is 2.32. The lowest BCUT2D eigenvalue weighted by Crippen LogP contribution is -2.59. The summed E-state index contributed by atoms with van der Waals surface area (Å²) in [6, 6.07) is 15.4. The molecule has 7 nitrogen and oxygen atoms in total. The van der Waals surface area contributed by atoms with Crippen molar-refractivity contribution in [2.45, 2.75) is 25.8 Å². The van der Waals surface area contributed by atoms with Crippen molar-refractivity contribution in [2.24, 2.45) is 11.8 Å². The Morgan fingerprint density at radius 3 is 2.55 bits per heavy atom. The fraction of sp³-hybridized carbons (Fsp3) is 0.250. The lowest BCUT2D eigenvalue weighted by atomic mass is 9.80. The van der Waals surface area contributed by atoms with Crippen LogP contribution in [-0.2, 0) is 9.59 Å². The van der Waals surface area contributed by atoms with Gasteiger partial charge >= 0.3 is 0 Å². The number of allylic oxidation sites excluding steroid dienone is 2. The number of nitriles is 1. The molecule has 4 rings (SSSR count). The van der Waals surface area contributed by atoms with E-state index >= 15 is 0 Å². The average Bonchev–Trinajstić information content (AvgIpc) is 2.81. The number of hydrogen-bond donors (Lipinski definition) is 2. The van der Waals surface area contributed by atoms with Gasteiger partial charge in [-0.25, -0.2) is 5.01 Å². The number of anilines is 1. The highest BCUT2D eigenvalue weighted by atomic mass is 16.2. The van der Waals surface area contributed by atoms with Crippen molar-refractivity contribution in [3.05, 3.63) is 77.4 Å². The second-order valence-electron chi connectivity index (χ2n) is 7.78. The highest BCUT2D eigenvalue weighted by Gasteiger charge is 2.42. The SMILES string of the molecule is CC(NC(=O)c1cccc(N2NC(=O)C3CC=CCC3C2=O)c1)c1ccc(C#N)cc1. The normalized spacial score (nSPS) is 21.0. The van der Waals surface area contributed by atoms with E-state index in [0.29, 0.717) is 29.7 Å². The van der Waals surface area contributed by atoms with Crippen molar-refractivity contribution >= 4 is 23.4 Å². The van der Waals surface area contributed by atoms with Crippen LogP contribution in [0.2, 0.25) is 0 Å². The summed E-state index contributed by atoms with van der Waals surface area (Å²) in [5, 5.41) is 13.1. The zero-order valence-electron chi connectivity index (χ0n) is 17.0. The summed E-state index contributed by atoms with van der Waals surface area (Å²) in [5.74, 6) is -1.37. The molecule has 2 aromatic carbocycles. The molecule has 7 heteroatoms. The van der Waals surface area contributed by atoms with Gasteiger partial charge in [-0.3, -0.25) is 19.8 Å². The number of amides is 3. The van der Waals surface area contributed by atoms with E-state index < -0.39 is 0 Å². The van der Waals surface area contributed by atoms with Gasteiger partial charge in [0.1, 0.15) is 0 Å². The van der Waals surface area contributed by atoms with Crippen LogP contribution in [0.25, 0.3) is 0 Å². The minimum atomic E-state index is -0.382. The molecule has 1 aliphatic heterocycles. The van der Waals surface area contributed by atoms with Gasteiger partial charge in [-0.05, 0) is 55.7 Å². The highest BCUT2D eigenvalue weighted by molar-refractivity contribution is 6.05. The van der Waals surface area contributed by atoms with Gasteiger partial charge < -0.3 is 5.32 Å². The van der Waals surface area contributed by atoms with Gasteiger partial charge in [0.05, 0.1) is 35.2 Å². The Labute approximate surface area is 180 Å². The minimum Gasteiger partial charge on any atom is -0.346 e. The number of rotatable bonds is 4. The maximum atomic E-state index is 13.0. The Morgan fingerprint density at radius 2 is 1.84 bits per heavy atom. The molecular weight excluding hydrogens is 392 g/mol. The Balaban J connectivity index is 1.50. The molecule has 0 aromatic heterocycles. The van der Waals surface area contributed by atoms with E-state index in [2.05, 4.69) is 16.8 Å². The van der Waals surface area contributed by atoms with E-state index in [1.165, 1.54) is 5.01 Å². The zero-order chi connectivity index (χ0) is 22.0. The van der Waals surface area contributed by atoms with Crippen molar-refractivity contribution < 1.29 is 14.4 Å².